The molecule has 8 heteroatoms. The third kappa shape index (κ3) is 5.46. The summed E-state index contributed by atoms with van der Waals surface area (Å²) >= 11 is 0. The number of rotatable bonds is 6. The molecule has 23 heavy (non-hydrogen) atoms. The molecule has 0 saturated heterocycles. The summed E-state index contributed by atoms with van der Waals surface area (Å²) in [5.74, 6) is -0.189. The van der Waals surface area contributed by atoms with Crippen molar-refractivity contribution < 1.29 is 13.2 Å². The van der Waals surface area contributed by atoms with Gasteiger partial charge in [0.15, 0.2) is 0 Å². The number of halogens is 1. The Morgan fingerprint density at radius 3 is 2.30 bits per heavy atom. The highest BCUT2D eigenvalue weighted by molar-refractivity contribution is 7.89. The molecule has 0 atom stereocenters. The van der Waals surface area contributed by atoms with Crippen molar-refractivity contribution in [3.8, 4) is 0 Å². The Hall–Kier alpha value is -1.15. The number of amides is 1. The summed E-state index contributed by atoms with van der Waals surface area (Å²) in [6.45, 7) is 0.364. The van der Waals surface area contributed by atoms with E-state index in [9.17, 15) is 13.2 Å². The Labute approximate surface area is 143 Å². The predicted octanol–water partition coefficient (Wildman–Crippen LogP) is 1.16. The number of carbonyl (C=O) groups excluding carboxylic acids is 1. The monoisotopic (exact) mass is 361 g/mol. The molecular weight excluding hydrogens is 338 g/mol. The lowest BCUT2D eigenvalue weighted by Gasteiger charge is -2.31. The molecule has 1 fully saturated rings. The molecule has 4 N–H and O–H groups in total. The van der Waals surface area contributed by atoms with Crippen LogP contribution in [0.5, 0.6) is 0 Å². The summed E-state index contributed by atoms with van der Waals surface area (Å²) in [5, 5.41) is 2.73. The number of hydrogen-bond acceptors (Lipinski definition) is 4. The molecule has 0 unspecified atom stereocenters. The highest BCUT2D eigenvalue weighted by atomic mass is 35.5. The first kappa shape index (κ1) is 19.9. The van der Waals surface area contributed by atoms with Crippen molar-refractivity contribution >= 4 is 28.3 Å². The Bertz CT molecular complexity index is 602. The van der Waals surface area contributed by atoms with Crippen LogP contribution in [0.3, 0.4) is 0 Å². The van der Waals surface area contributed by atoms with E-state index in [-0.39, 0.29) is 36.3 Å². The van der Waals surface area contributed by atoms with Gasteiger partial charge in [-0.3, -0.25) is 4.79 Å². The van der Waals surface area contributed by atoms with Crippen molar-refractivity contribution in [3.63, 3.8) is 0 Å². The van der Waals surface area contributed by atoms with E-state index in [0.717, 1.165) is 19.3 Å². The van der Waals surface area contributed by atoms with E-state index < -0.39 is 15.6 Å². The van der Waals surface area contributed by atoms with Gasteiger partial charge in [-0.05, 0) is 25.0 Å². The quantitative estimate of drug-likeness (QED) is 0.662. The van der Waals surface area contributed by atoms with Gasteiger partial charge < -0.3 is 11.1 Å². The van der Waals surface area contributed by atoms with E-state index in [2.05, 4.69) is 10.0 Å². The molecule has 1 aliphatic rings. The second-order valence-corrected chi connectivity index (χ2v) is 7.45. The molecule has 1 aliphatic carbocycles. The Morgan fingerprint density at radius 1 is 1.09 bits per heavy atom. The van der Waals surface area contributed by atoms with Crippen LogP contribution in [0.1, 0.15) is 32.1 Å². The van der Waals surface area contributed by atoms with Crippen LogP contribution in [-0.4, -0.2) is 33.0 Å². The van der Waals surface area contributed by atoms with E-state index >= 15 is 0 Å². The molecule has 0 spiro atoms. The normalized spacial score (nSPS) is 17.1. The Morgan fingerprint density at radius 2 is 1.70 bits per heavy atom. The number of sulfonamides is 1. The van der Waals surface area contributed by atoms with Gasteiger partial charge in [0, 0.05) is 13.1 Å². The molecule has 6 nitrogen and oxygen atoms in total. The van der Waals surface area contributed by atoms with Crippen LogP contribution in [0.4, 0.5) is 0 Å². The molecule has 1 aromatic rings. The maximum atomic E-state index is 12.1. The SMILES string of the molecule is Cl.NC1(C(=O)NCCNS(=O)(=O)c2ccccc2)CCCCC1. The molecule has 0 radical (unpaired) electrons. The minimum absolute atomic E-state index is 0. The number of carbonyl (C=O) groups is 1. The minimum Gasteiger partial charge on any atom is -0.353 e. The Balaban J connectivity index is 0.00000264. The van der Waals surface area contributed by atoms with Crippen LogP contribution in [0.15, 0.2) is 35.2 Å². The van der Waals surface area contributed by atoms with Crippen LogP contribution < -0.4 is 15.8 Å². The molecule has 0 heterocycles. The average molecular weight is 362 g/mol. The predicted molar refractivity (Wildman–Crippen MR) is 91.9 cm³/mol. The van der Waals surface area contributed by atoms with Crippen molar-refractivity contribution in [2.24, 2.45) is 5.73 Å². The third-order valence-corrected chi connectivity index (χ3v) is 5.43. The highest BCUT2D eigenvalue weighted by Crippen LogP contribution is 2.25. The molecular formula is C15H24ClN3O3S. The van der Waals surface area contributed by atoms with Crippen molar-refractivity contribution in [2.45, 2.75) is 42.5 Å². The van der Waals surface area contributed by atoms with Gasteiger partial charge in [-0.15, -0.1) is 12.4 Å². The number of hydrogen-bond donors (Lipinski definition) is 3. The summed E-state index contributed by atoms with van der Waals surface area (Å²) < 4.78 is 26.4. The summed E-state index contributed by atoms with van der Waals surface area (Å²) in [5.41, 5.74) is 5.32. The van der Waals surface area contributed by atoms with E-state index in [1.807, 2.05) is 0 Å². The van der Waals surface area contributed by atoms with Crippen molar-refractivity contribution in [3.05, 3.63) is 30.3 Å². The fraction of sp³-hybridized carbons (Fsp3) is 0.533. The maximum Gasteiger partial charge on any atom is 0.240 e. The zero-order chi connectivity index (χ0) is 16.1. The van der Waals surface area contributed by atoms with Crippen molar-refractivity contribution in [1.29, 1.82) is 0 Å². The topological polar surface area (TPSA) is 101 Å². The van der Waals surface area contributed by atoms with E-state index in [0.29, 0.717) is 12.8 Å². The van der Waals surface area contributed by atoms with Crippen molar-refractivity contribution in [2.75, 3.05) is 13.1 Å². The second kappa shape index (κ2) is 8.63. The molecule has 0 bridgehead atoms. The summed E-state index contributed by atoms with van der Waals surface area (Å²) in [6.07, 6.45) is 4.42. The molecule has 1 amide bonds. The highest BCUT2D eigenvalue weighted by Gasteiger charge is 2.34. The lowest BCUT2D eigenvalue weighted by atomic mass is 9.82. The summed E-state index contributed by atoms with van der Waals surface area (Å²) in [6, 6.07) is 8.13. The van der Waals surface area contributed by atoms with E-state index in [4.69, 9.17) is 5.73 Å². The van der Waals surface area contributed by atoms with Crippen LogP contribution in [0, 0.1) is 0 Å². The van der Waals surface area contributed by atoms with Gasteiger partial charge in [0.25, 0.3) is 0 Å². The van der Waals surface area contributed by atoms with Gasteiger partial charge >= 0.3 is 0 Å². The van der Waals surface area contributed by atoms with Gasteiger partial charge in [-0.25, -0.2) is 13.1 Å². The largest absolute Gasteiger partial charge is 0.353 e. The lowest BCUT2D eigenvalue weighted by Crippen LogP contribution is -2.55. The second-order valence-electron chi connectivity index (χ2n) is 5.68. The van der Waals surface area contributed by atoms with Gasteiger partial charge in [0.05, 0.1) is 10.4 Å². The molecule has 0 aliphatic heterocycles. The molecule has 1 aromatic carbocycles. The minimum atomic E-state index is -3.53. The fourth-order valence-corrected chi connectivity index (χ4v) is 3.68. The third-order valence-electron chi connectivity index (χ3n) is 3.95. The smallest absolute Gasteiger partial charge is 0.240 e. The molecule has 0 aromatic heterocycles. The maximum absolute atomic E-state index is 12.1. The zero-order valence-electron chi connectivity index (χ0n) is 13.0. The molecule has 130 valence electrons. The lowest BCUT2D eigenvalue weighted by molar-refractivity contribution is -0.127. The number of benzene rings is 1. The Kier molecular flexibility index (Phi) is 7.47. The molecule has 2 rings (SSSR count). The first-order valence-electron chi connectivity index (χ1n) is 7.56. The fourth-order valence-electron chi connectivity index (χ4n) is 2.63. The van der Waals surface area contributed by atoms with Gasteiger partial charge in [-0.2, -0.15) is 0 Å². The van der Waals surface area contributed by atoms with Gasteiger partial charge in [-0.1, -0.05) is 37.5 Å². The van der Waals surface area contributed by atoms with E-state index in [1.165, 1.54) is 12.1 Å². The first-order chi connectivity index (χ1) is 10.4. The zero-order valence-corrected chi connectivity index (χ0v) is 14.6. The van der Waals surface area contributed by atoms with Crippen molar-refractivity contribution in [1.82, 2.24) is 10.0 Å². The summed E-state index contributed by atoms with van der Waals surface area (Å²) in [7, 11) is -3.53. The van der Waals surface area contributed by atoms with Gasteiger partial charge in [0.2, 0.25) is 15.9 Å². The van der Waals surface area contributed by atoms with Crippen LogP contribution in [0.25, 0.3) is 0 Å². The molecule has 1 saturated carbocycles. The first-order valence-corrected chi connectivity index (χ1v) is 9.04. The van der Waals surface area contributed by atoms with Crippen LogP contribution in [0.2, 0.25) is 0 Å². The van der Waals surface area contributed by atoms with Crippen LogP contribution in [-0.2, 0) is 14.8 Å². The van der Waals surface area contributed by atoms with Crippen LogP contribution >= 0.6 is 12.4 Å². The van der Waals surface area contributed by atoms with Gasteiger partial charge in [0.1, 0.15) is 0 Å². The number of nitrogens with one attached hydrogen (secondary N) is 2. The standard InChI is InChI=1S/C15H23N3O3S.ClH/c16-15(9-5-2-6-10-15)14(19)17-11-12-18-22(20,21)13-7-3-1-4-8-13;/h1,3-4,7-8,18H,2,5-6,9-12,16H2,(H,17,19);1H. The number of nitrogens with two attached hydrogens (primary N) is 1. The van der Waals surface area contributed by atoms with E-state index in [1.54, 1.807) is 18.2 Å². The average Bonchev–Trinajstić information content (AvgIpc) is 2.53. The summed E-state index contributed by atoms with van der Waals surface area (Å²) in [4.78, 5) is 12.3.